The molecule has 1 rings (SSSR count). The van der Waals surface area contributed by atoms with Crippen LogP contribution in [0.4, 0.5) is 0 Å². The first-order valence-corrected chi connectivity index (χ1v) is 7.50. The molecule has 0 saturated carbocycles. The predicted molar refractivity (Wildman–Crippen MR) is 79.3 cm³/mol. The Morgan fingerprint density at radius 2 is 1.71 bits per heavy atom. The van der Waals surface area contributed by atoms with Crippen LogP contribution in [0.1, 0.15) is 32.1 Å². The second-order valence-corrected chi connectivity index (χ2v) is 5.54. The number of primary amides is 1. The SMILES string of the molecule is CN1CCC(C(=O)NCCCNC(=O)CCC(N)=O)CC1. The van der Waals surface area contributed by atoms with Crippen LogP contribution in [0.15, 0.2) is 0 Å². The van der Waals surface area contributed by atoms with Crippen LogP contribution in [0.3, 0.4) is 0 Å². The van der Waals surface area contributed by atoms with Gasteiger partial charge in [0.25, 0.3) is 0 Å². The van der Waals surface area contributed by atoms with Crippen LogP contribution in [-0.4, -0.2) is 55.8 Å². The molecule has 3 amide bonds. The van der Waals surface area contributed by atoms with Crippen LogP contribution >= 0.6 is 0 Å². The van der Waals surface area contributed by atoms with E-state index in [9.17, 15) is 14.4 Å². The van der Waals surface area contributed by atoms with Gasteiger partial charge in [0, 0.05) is 31.8 Å². The predicted octanol–water partition coefficient (Wildman–Crippen LogP) is -0.784. The summed E-state index contributed by atoms with van der Waals surface area (Å²) in [6, 6.07) is 0. The Hall–Kier alpha value is -1.63. The van der Waals surface area contributed by atoms with Gasteiger partial charge in [-0.1, -0.05) is 0 Å². The Morgan fingerprint density at radius 1 is 1.10 bits per heavy atom. The number of nitrogens with one attached hydrogen (secondary N) is 2. The molecule has 21 heavy (non-hydrogen) atoms. The third-order valence-corrected chi connectivity index (χ3v) is 3.66. The largest absolute Gasteiger partial charge is 0.370 e. The van der Waals surface area contributed by atoms with E-state index in [1.807, 2.05) is 0 Å². The molecular weight excluding hydrogens is 272 g/mol. The molecule has 7 nitrogen and oxygen atoms in total. The van der Waals surface area contributed by atoms with E-state index in [-0.39, 0.29) is 30.6 Å². The summed E-state index contributed by atoms with van der Waals surface area (Å²) in [6.07, 6.45) is 2.69. The second kappa shape index (κ2) is 9.33. The van der Waals surface area contributed by atoms with Crippen molar-refractivity contribution in [3.8, 4) is 0 Å². The first kappa shape index (κ1) is 17.4. The van der Waals surface area contributed by atoms with E-state index in [1.165, 1.54) is 0 Å². The van der Waals surface area contributed by atoms with Gasteiger partial charge in [0.05, 0.1) is 0 Å². The monoisotopic (exact) mass is 298 g/mol. The van der Waals surface area contributed by atoms with Crippen molar-refractivity contribution in [2.75, 3.05) is 33.2 Å². The van der Waals surface area contributed by atoms with Crippen molar-refractivity contribution < 1.29 is 14.4 Å². The number of likely N-dealkylation sites (tertiary alicyclic amines) is 1. The summed E-state index contributed by atoms with van der Waals surface area (Å²) in [7, 11) is 2.06. The van der Waals surface area contributed by atoms with Gasteiger partial charge in [-0.15, -0.1) is 0 Å². The molecule has 0 aliphatic carbocycles. The lowest BCUT2D eigenvalue weighted by Gasteiger charge is -2.28. The van der Waals surface area contributed by atoms with Crippen LogP contribution in [0.2, 0.25) is 0 Å². The highest BCUT2D eigenvalue weighted by Gasteiger charge is 2.22. The zero-order valence-corrected chi connectivity index (χ0v) is 12.7. The standard InChI is InChI=1S/C14H26N4O3/c1-18-9-5-11(6-10-18)14(21)17-8-2-7-16-13(20)4-3-12(15)19/h11H,2-10H2,1H3,(H2,15,19)(H,16,20)(H,17,21). The first-order valence-electron chi connectivity index (χ1n) is 7.50. The number of hydrogen-bond donors (Lipinski definition) is 3. The fourth-order valence-corrected chi connectivity index (χ4v) is 2.27. The van der Waals surface area contributed by atoms with Gasteiger partial charge in [0.1, 0.15) is 0 Å². The lowest BCUT2D eigenvalue weighted by molar-refractivity contribution is -0.126. The van der Waals surface area contributed by atoms with Crippen molar-refractivity contribution in [3.05, 3.63) is 0 Å². The summed E-state index contributed by atoms with van der Waals surface area (Å²) >= 11 is 0. The van der Waals surface area contributed by atoms with E-state index in [0.29, 0.717) is 19.5 Å². The molecule has 120 valence electrons. The highest BCUT2D eigenvalue weighted by atomic mass is 16.2. The average Bonchev–Trinajstić information content (AvgIpc) is 2.45. The number of carbonyl (C=O) groups excluding carboxylic acids is 3. The van der Waals surface area contributed by atoms with Gasteiger partial charge in [-0.05, 0) is 39.4 Å². The molecule has 1 fully saturated rings. The maximum Gasteiger partial charge on any atom is 0.223 e. The van der Waals surface area contributed by atoms with Crippen molar-refractivity contribution in [2.45, 2.75) is 32.1 Å². The Balaban J connectivity index is 2.02. The fourth-order valence-electron chi connectivity index (χ4n) is 2.27. The van der Waals surface area contributed by atoms with E-state index < -0.39 is 5.91 Å². The summed E-state index contributed by atoms with van der Waals surface area (Å²) in [5.74, 6) is -0.430. The minimum absolute atomic E-state index is 0.0682. The lowest BCUT2D eigenvalue weighted by Crippen LogP contribution is -2.39. The molecule has 1 aliphatic rings. The normalized spacial score (nSPS) is 16.4. The molecule has 0 bridgehead atoms. The molecule has 0 aromatic rings. The Bertz CT molecular complexity index is 365. The number of nitrogens with zero attached hydrogens (tertiary/aromatic N) is 1. The van der Waals surface area contributed by atoms with Crippen LogP contribution in [0, 0.1) is 5.92 Å². The van der Waals surface area contributed by atoms with E-state index in [0.717, 1.165) is 25.9 Å². The van der Waals surface area contributed by atoms with Crippen molar-refractivity contribution in [1.29, 1.82) is 0 Å². The molecule has 0 atom stereocenters. The number of piperidine rings is 1. The number of carbonyl (C=O) groups is 3. The zero-order chi connectivity index (χ0) is 15.7. The molecule has 0 unspecified atom stereocenters. The summed E-state index contributed by atoms with van der Waals surface area (Å²) in [6.45, 7) is 2.98. The van der Waals surface area contributed by atoms with Crippen molar-refractivity contribution in [3.63, 3.8) is 0 Å². The Morgan fingerprint density at radius 3 is 2.33 bits per heavy atom. The summed E-state index contributed by atoms with van der Waals surface area (Å²) in [5, 5.41) is 5.60. The molecule has 1 heterocycles. The Kier molecular flexibility index (Phi) is 7.74. The minimum atomic E-state index is -0.476. The van der Waals surface area contributed by atoms with Crippen molar-refractivity contribution in [1.82, 2.24) is 15.5 Å². The van der Waals surface area contributed by atoms with E-state index in [1.54, 1.807) is 0 Å². The van der Waals surface area contributed by atoms with Crippen LogP contribution in [0.5, 0.6) is 0 Å². The third-order valence-electron chi connectivity index (χ3n) is 3.66. The van der Waals surface area contributed by atoms with Crippen molar-refractivity contribution >= 4 is 17.7 Å². The fraction of sp³-hybridized carbons (Fsp3) is 0.786. The molecular formula is C14H26N4O3. The topological polar surface area (TPSA) is 105 Å². The number of rotatable bonds is 8. The van der Waals surface area contributed by atoms with Gasteiger partial charge in [-0.3, -0.25) is 14.4 Å². The van der Waals surface area contributed by atoms with Crippen LogP contribution < -0.4 is 16.4 Å². The van der Waals surface area contributed by atoms with E-state index in [4.69, 9.17) is 5.73 Å². The Labute approximate surface area is 125 Å². The highest BCUT2D eigenvalue weighted by Crippen LogP contribution is 2.15. The summed E-state index contributed by atoms with van der Waals surface area (Å²) < 4.78 is 0. The number of amides is 3. The number of nitrogens with two attached hydrogens (primary N) is 1. The zero-order valence-electron chi connectivity index (χ0n) is 12.7. The molecule has 1 aliphatic heterocycles. The lowest BCUT2D eigenvalue weighted by atomic mass is 9.96. The van der Waals surface area contributed by atoms with Gasteiger partial charge in [0.2, 0.25) is 17.7 Å². The van der Waals surface area contributed by atoms with Crippen molar-refractivity contribution in [2.24, 2.45) is 11.7 Å². The van der Waals surface area contributed by atoms with Crippen LogP contribution in [-0.2, 0) is 14.4 Å². The summed E-state index contributed by atoms with van der Waals surface area (Å²) in [5.41, 5.74) is 4.96. The molecule has 0 radical (unpaired) electrons. The highest BCUT2D eigenvalue weighted by molar-refractivity contribution is 5.82. The molecule has 0 aromatic heterocycles. The van der Waals surface area contributed by atoms with Crippen LogP contribution in [0.25, 0.3) is 0 Å². The van der Waals surface area contributed by atoms with E-state index >= 15 is 0 Å². The average molecular weight is 298 g/mol. The summed E-state index contributed by atoms with van der Waals surface area (Å²) in [4.78, 5) is 36.0. The maximum atomic E-state index is 11.9. The molecule has 0 aromatic carbocycles. The third kappa shape index (κ3) is 7.65. The maximum absolute atomic E-state index is 11.9. The molecule has 1 saturated heterocycles. The molecule has 4 N–H and O–H groups in total. The molecule has 7 heteroatoms. The van der Waals surface area contributed by atoms with Gasteiger partial charge >= 0.3 is 0 Å². The van der Waals surface area contributed by atoms with Gasteiger partial charge < -0.3 is 21.3 Å². The first-order chi connectivity index (χ1) is 9.99. The quantitative estimate of drug-likeness (QED) is 0.511. The van der Waals surface area contributed by atoms with Gasteiger partial charge in [0.15, 0.2) is 0 Å². The van der Waals surface area contributed by atoms with Gasteiger partial charge in [-0.2, -0.15) is 0 Å². The van der Waals surface area contributed by atoms with E-state index in [2.05, 4.69) is 22.6 Å². The minimum Gasteiger partial charge on any atom is -0.370 e. The van der Waals surface area contributed by atoms with Gasteiger partial charge in [-0.25, -0.2) is 0 Å². The molecule has 0 spiro atoms. The second-order valence-electron chi connectivity index (χ2n) is 5.54. The smallest absolute Gasteiger partial charge is 0.223 e. The number of hydrogen-bond acceptors (Lipinski definition) is 4.